The molecule has 0 saturated carbocycles. The Morgan fingerprint density at radius 3 is 2.81 bits per heavy atom. The number of hydrogen-bond donors (Lipinski definition) is 0. The molecule has 2 saturated heterocycles. The first-order valence-corrected chi connectivity index (χ1v) is 9.24. The Morgan fingerprint density at radius 2 is 2.04 bits per heavy atom. The molecule has 5 nitrogen and oxygen atoms in total. The Hall–Kier alpha value is -2.21. The summed E-state index contributed by atoms with van der Waals surface area (Å²) in [5.74, 6) is 1.74. The third-order valence-electron chi connectivity index (χ3n) is 5.69. The van der Waals surface area contributed by atoms with Gasteiger partial charge in [-0.1, -0.05) is 6.07 Å². The largest absolute Gasteiger partial charge is 0.494 e. The van der Waals surface area contributed by atoms with Crippen LogP contribution in [-0.4, -0.2) is 47.7 Å². The van der Waals surface area contributed by atoms with E-state index >= 15 is 0 Å². The van der Waals surface area contributed by atoms with Gasteiger partial charge in [0.15, 0.2) is 11.6 Å². The van der Waals surface area contributed by atoms with Gasteiger partial charge in [-0.15, -0.1) is 0 Å². The van der Waals surface area contributed by atoms with E-state index in [0.29, 0.717) is 11.8 Å². The van der Waals surface area contributed by atoms with E-state index in [1.54, 1.807) is 18.5 Å². The maximum Gasteiger partial charge on any atom is 0.165 e. The van der Waals surface area contributed by atoms with E-state index in [-0.39, 0.29) is 5.82 Å². The molecule has 4 rings (SSSR count). The number of nitrogens with zero attached hydrogens (tertiary/aromatic N) is 4. The second kappa shape index (κ2) is 7.19. The topological polar surface area (TPSA) is 41.5 Å². The van der Waals surface area contributed by atoms with Gasteiger partial charge in [0.2, 0.25) is 0 Å². The van der Waals surface area contributed by atoms with Crippen molar-refractivity contribution >= 4 is 5.82 Å². The summed E-state index contributed by atoms with van der Waals surface area (Å²) < 4.78 is 19.0. The number of benzene rings is 1. The van der Waals surface area contributed by atoms with Gasteiger partial charge in [-0.05, 0) is 49.9 Å². The minimum Gasteiger partial charge on any atom is -0.494 e. The molecule has 6 heteroatoms. The van der Waals surface area contributed by atoms with E-state index < -0.39 is 0 Å². The number of ether oxygens (including phenoxy) is 1. The SMILES string of the molecule is COc1ccc(CN2CCC3CCN(c4cc(C)ncn4)CC32)cc1F. The molecule has 0 spiro atoms. The van der Waals surface area contributed by atoms with E-state index in [2.05, 4.69) is 25.8 Å². The molecule has 2 fully saturated rings. The highest BCUT2D eigenvalue weighted by atomic mass is 19.1. The monoisotopic (exact) mass is 356 g/mol. The van der Waals surface area contributed by atoms with E-state index in [0.717, 1.165) is 49.2 Å². The summed E-state index contributed by atoms with van der Waals surface area (Å²) in [6.45, 7) is 5.86. The minimum absolute atomic E-state index is 0.289. The smallest absolute Gasteiger partial charge is 0.165 e. The molecule has 2 unspecified atom stereocenters. The molecule has 0 bridgehead atoms. The molecule has 2 atom stereocenters. The molecule has 2 aromatic rings. The zero-order valence-electron chi connectivity index (χ0n) is 15.4. The fourth-order valence-electron chi connectivity index (χ4n) is 4.29. The molecule has 0 N–H and O–H groups in total. The fraction of sp³-hybridized carbons (Fsp3) is 0.500. The van der Waals surface area contributed by atoms with E-state index in [4.69, 9.17) is 4.74 Å². The lowest BCUT2D eigenvalue weighted by Gasteiger charge is -2.39. The van der Waals surface area contributed by atoms with Gasteiger partial charge in [0, 0.05) is 37.4 Å². The van der Waals surface area contributed by atoms with Crippen molar-refractivity contribution in [3.63, 3.8) is 0 Å². The number of aromatic nitrogens is 2. The fourth-order valence-corrected chi connectivity index (χ4v) is 4.29. The van der Waals surface area contributed by atoms with Gasteiger partial charge in [0.25, 0.3) is 0 Å². The summed E-state index contributed by atoms with van der Waals surface area (Å²) in [6, 6.07) is 7.82. The van der Waals surface area contributed by atoms with Crippen LogP contribution in [0.15, 0.2) is 30.6 Å². The Morgan fingerprint density at radius 1 is 1.19 bits per heavy atom. The number of aryl methyl sites for hydroxylation is 1. The summed E-state index contributed by atoms with van der Waals surface area (Å²) in [6.07, 6.45) is 4.05. The zero-order chi connectivity index (χ0) is 18.1. The molecule has 2 aliphatic heterocycles. The number of likely N-dealkylation sites (tertiary alicyclic amines) is 1. The number of hydrogen-bond acceptors (Lipinski definition) is 5. The van der Waals surface area contributed by atoms with Crippen LogP contribution >= 0.6 is 0 Å². The van der Waals surface area contributed by atoms with Crippen LogP contribution in [0.3, 0.4) is 0 Å². The van der Waals surface area contributed by atoms with Crippen LogP contribution in [0.25, 0.3) is 0 Å². The molecule has 2 aliphatic rings. The number of anilines is 1. The zero-order valence-corrected chi connectivity index (χ0v) is 15.4. The van der Waals surface area contributed by atoms with Crippen molar-refractivity contribution in [3.8, 4) is 5.75 Å². The first-order valence-electron chi connectivity index (χ1n) is 9.24. The summed E-state index contributed by atoms with van der Waals surface area (Å²) in [5.41, 5.74) is 1.99. The molecule has 138 valence electrons. The van der Waals surface area contributed by atoms with E-state index in [1.807, 2.05) is 13.0 Å². The quantitative estimate of drug-likeness (QED) is 0.842. The summed E-state index contributed by atoms with van der Waals surface area (Å²) in [4.78, 5) is 13.5. The molecular weight excluding hydrogens is 331 g/mol. The molecule has 26 heavy (non-hydrogen) atoms. The van der Waals surface area contributed by atoms with E-state index in [9.17, 15) is 4.39 Å². The van der Waals surface area contributed by atoms with Crippen molar-refractivity contribution in [1.29, 1.82) is 0 Å². The Labute approximate surface area is 153 Å². The molecule has 0 aliphatic carbocycles. The second-order valence-electron chi connectivity index (χ2n) is 7.31. The lowest BCUT2D eigenvalue weighted by molar-refractivity contribution is 0.200. The minimum atomic E-state index is -0.289. The lowest BCUT2D eigenvalue weighted by atomic mass is 9.92. The van der Waals surface area contributed by atoms with Crippen LogP contribution < -0.4 is 9.64 Å². The van der Waals surface area contributed by atoms with E-state index in [1.165, 1.54) is 20.0 Å². The van der Waals surface area contributed by atoms with Crippen molar-refractivity contribution in [2.24, 2.45) is 5.92 Å². The maximum absolute atomic E-state index is 14.0. The average Bonchev–Trinajstić information content (AvgIpc) is 3.04. The van der Waals surface area contributed by atoms with Crippen molar-refractivity contribution in [1.82, 2.24) is 14.9 Å². The van der Waals surface area contributed by atoms with Gasteiger partial charge in [-0.25, -0.2) is 14.4 Å². The van der Waals surface area contributed by atoms with Crippen molar-refractivity contribution in [2.45, 2.75) is 32.4 Å². The average molecular weight is 356 g/mol. The number of piperidine rings is 1. The summed E-state index contributed by atoms with van der Waals surface area (Å²) >= 11 is 0. The Balaban J connectivity index is 1.48. The first kappa shape index (κ1) is 17.2. The molecule has 1 aromatic heterocycles. The van der Waals surface area contributed by atoms with Crippen LogP contribution in [0.4, 0.5) is 10.2 Å². The Kier molecular flexibility index (Phi) is 4.76. The third-order valence-corrected chi connectivity index (χ3v) is 5.69. The normalized spacial score (nSPS) is 23.1. The van der Waals surface area contributed by atoms with Gasteiger partial charge in [-0.2, -0.15) is 0 Å². The van der Waals surface area contributed by atoms with Crippen LogP contribution in [0.5, 0.6) is 5.75 Å². The summed E-state index contributed by atoms with van der Waals surface area (Å²) in [7, 11) is 1.49. The van der Waals surface area contributed by atoms with Crippen LogP contribution in [-0.2, 0) is 6.54 Å². The molecule has 3 heterocycles. The number of fused-ring (bicyclic) bond motifs is 1. The van der Waals surface area contributed by atoms with Gasteiger partial charge in [0.1, 0.15) is 12.1 Å². The number of halogens is 1. The second-order valence-corrected chi connectivity index (χ2v) is 7.31. The number of rotatable bonds is 4. The molecular formula is C20H25FN4O. The van der Waals surface area contributed by atoms with Crippen LogP contribution in [0.2, 0.25) is 0 Å². The highest BCUT2D eigenvalue weighted by Crippen LogP contribution is 2.34. The molecule has 0 radical (unpaired) electrons. The predicted octanol–water partition coefficient (Wildman–Crippen LogP) is 3.03. The van der Waals surface area contributed by atoms with Gasteiger partial charge in [0.05, 0.1) is 7.11 Å². The van der Waals surface area contributed by atoms with Crippen molar-refractivity contribution < 1.29 is 9.13 Å². The first-order chi connectivity index (χ1) is 12.6. The lowest BCUT2D eigenvalue weighted by Crippen LogP contribution is -2.48. The van der Waals surface area contributed by atoms with Crippen LogP contribution in [0, 0.1) is 18.7 Å². The van der Waals surface area contributed by atoms with Gasteiger partial charge >= 0.3 is 0 Å². The highest BCUT2D eigenvalue weighted by Gasteiger charge is 2.38. The number of methoxy groups -OCH3 is 1. The Bertz CT molecular complexity index is 784. The standard InChI is InChI=1S/C20H25FN4O/c1-14-9-20(23-13-22-14)25-8-6-16-5-7-24(18(16)12-25)11-15-3-4-19(26-2)17(21)10-15/h3-4,9-10,13,16,18H,5-8,11-12H2,1-2H3. The van der Waals surface area contributed by atoms with Crippen molar-refractivity contribution in [3.05, 3.63) is 47.7 Å². The van der Waals surface area contributed by atoms with Gasteiger partial charge < -0.3 is 9.64 Å². The maximum atomic E-state index is 14.0. The van der Waals surface area contributed by atoms with Gasteiger partial charge in [-0.3, -0.25) is 4.90 Å². The van der Waals surface area contributed by atoms with Crippen LogP contribution in [0.1, 0.15) is 24.1 Å². The van der Waals surface area contributed by atoms with Crippen molar-refractivity contribution in [2.75, 3.05) is 31.6 Å². The third kappa shape index (κ3) is 3.38. The predicted molar refractivity (Wildman–Crippen MR) is 98.9 cm³/mol. The molecule has 1 aromatic carbocycles. The highest BCUT2D eigenvalue weighted by molar-refractivity contribution is 5.40. The molecule has 0 amide bonds. The summed E-state index contributed by atoms with van der Waals surface area (Å²) in [5, 5.41) is 0.